The summed E-state index contributed by atoms with van der Waals surface area (Å²) in [4.78, 5) is 5.45. The number of hydrogen-bond acceptors (Lipinski definition) is 2. The highest BCUT2D eigenvalue weighted by molar-refractivity contribution is 6.04. The summed E-state index contributed by atoms with van der Waals surface area (Å²) in [5, 5.41) is 4.28. The third kappa shape index (κ3) is 2.28. The van der Waals surface area contributed by atoms with E-state index in [4.69, 9.17) is 4.84 Å². The summed E-state index contributed by atoms with van der Waals surface area (Å²) < 4.78 is 0. The number of benzene rings is 2. The van der Waals surface area contributed by atoms with Crippen LogP contribution in [0, 0.1) is 0 Å². The first-order valence-corrected chi connectivity index (χ1v) is 6.24. The fourth-order valence-electron chi connectivity index (χ4n) is 2.26. The van der Waals surface area contributed by atoms with Crippen molar-refractivity contribution in [3.05, 3.63) is 71.3 Å². The average molecular weight is 237 g/mol. The molecule has 2 nitrogen and oxygen atoms in total. The monoisotopic (exact) mass is 237 g/mol. The van der Waals surface area contributed by atoms with Crippen molar-refractivity contribution >= 4 is 5.71 Å². The highest BCUT2D eigenvalue weighted by atomic mass is 16.6. The number of rotatable bonds is 3. The predicted molar refractivity (Wildman–Crippen MR) is 72.5 cm³/mol. The summed E-state index contributed by atoms with van der Waals surface area (Å²) in [5.41, 5.74) is 4.83. The van der Waals surface area contributed by atoms with E-state index >= 15 is 0 Å². The molecule has 18 heavy (non-hydrogen) atoms. The molecule has 0 heterocycles. The Morgan fingerprint density at radius 1 is 0.889 bits per heavy atom. The van der Waals surface area contributed by atoms with Crippen molar-refractivity contribution in [3.63, 3.8) is 0 Å². The van der Waals surface area contributed by atoms with Crippen LogP contribution in [0.15, 0.2) is 59.8 Å². The Bertz CT molecular complexity index is 560. The van der Waals surface area contributed by atoms with Gasteiger partial charge in [-0.2, -0.15) is 0 Å². The van der Waals surface area contributed by atoms with Crippen LogP contribution in [0.3, 0.4) is 0 Å². The van der Waals surface area contributed by atoms with Crippen LogP contribution in [0.5, 0.6) is 0 Å². The first-order chi connectivity index (χ1) is 8.93. The Morgan fingerprint density at radius 2 is 1.67 bits per heavy atom. The number of nitrogens with zero attached hydrogens (tertiary/aromatic N) is 1. The Balaban J connectivity index is 1.68. The van der Waals surface area contributed by atoms with Crippen molar-refractivity contribution in [1.29, 1.82) is 0 Å². The minimum absolute atomic E-state index is 0.534. The van der Waals surface area contributed by atoms with Crippen molar-refractivity contribution in [1.82, 2.24) is 0 Å². The van der Waals surface area contributed by atoms with E-state index in [2.05, 4.69) is 29.4 Å². The molecule has 0 amide bonds. The van der Waals surface area contributed by atoms with Gasteiger partial charge in [-0.05, 0) is 24.0 Å². The van der Waals surface area contributed by atoms with E-state index in [1.165, 1.54) is 11.1 Å². The summed E-state index contributed by atoms with van der Waals surface area (Å²) in [6.45, 7) is 0.534. The first-order valence-electron chi connectivity index (χ1n) is 6.24. The van der Waals surface area contributed by atoms with Crippen LogP contribution in [0.2, 0.25) is 0 Å². The maximum atomic E-state index is 5.45. The lowest BCUT2D eigenvalue weighted by Crippen LogP contribution is -1.96. The van der Waals surface area contributed by atoms with Gasteiger partial charge in [0.1, 0.15) is 6.61 Å². The van der Waals surface area contributed by atoms with Gasteiger partial charge in [0.25, 0.3) is 0 Å². The summed E-state index contributed by atoms with van der Waals surface area (Å²) in [6.07, 6.45) is 2.05. The minimum atomic E-state index is 0.534. The number of fused-ring (bicyclic) bond motifs is 1. The third-order valence-electron chi connectivity index (χ3n) is 3.21. The van der Waals surface area contributed by atoms with Crippen LogP contribution >= 0.6 is 0 Å². The van der Waals surface area contributed by atoms with E-state index in [0.717, 1.165) is 24.1 Å². The second-order valence-corrected chi connectivity index (χ2v) is 4.45. The molecule has 2 aromatic rings. The van der Waals surface area contributed by atoms with Gasteiger partial charge in [0.15, 0.2) is 0 Å². The second-order valence-electron chi connectivity index (χ2n) is 4.45. The lowest BCUT2D eigenvalue weighted by molar-refractivity contribution is 0.130. The zero-order chi connectivity index (χ0) is 12.2. The first kappa shape index (κ1) is 11.0. The van der Waals surface area contributed by atoms with Crippen molar-refractivity contribution < 1.29 is 4.84 Å². The molecule has 3 rings (SSSR count). The fourth-order valence-corrected chi connectivity index (χ4v) is 2.26. The summed E-state index contributed by atoms with van der Waals surface area (Å²) in [6, 6.07) is 18.5. The van der Waals surface area contributed by atoms with Crippen LogP contribution in [0.4, 0.5) is 0 Å². The Morgan fingerprint density at radius 3 is 2.56 bits per heavy atom. The second kappa shape index (κ2) is 5.05. The van der Waals surface area contributed by atoms with Gasteiger partial charge in [-0.15, -0.1) is 0 Å². The molecule has 0 atom stereocenters. The summed E-state index contributed by atoms with van der Waals surface area (Å²) >= 11 is 0. The van der Waals surface area contributed by atoms with E-state index < -0.39 is 0 Å². The predicted octanol–water partition coefficient (Wildman–Crippen LogP) is 3.55. The normalized spacial score (nSPS) is 15.7. The van der Waals surface area contributed by atoms with E-state index in [0.29, 0.717) is 6.61 Å². The molecule has 1 aliphatic carbocycles. The molecular weight excluding hydrogens is 222 g/mol. The van der Waals surface area contributed by atoms with Gasteiger partial charge in [0.2, 0.25) is 0 Å². The van der Waals surface area contributed by atoms with E-state index in [9.17, 15) is 0 Å². The van der Waals surface area contributed by atoms with Crippen molar-refractivity contribution in [2.45, 2.75) is 19.4 Å². The molecule has 2 aromatic carbocycles. The maximum absolute atomic E-state index is 5.45. The van der Waals surface area contributed by atoms with Crippen LogP contribution in [0.25, 0.3) is 0 Å². The zero-order valence-corrected chi connectivity index (χ0v) is 10.2. The quantitative estimate of drug-likeness (QED) is 0.748. The van der Waals surface area contributed by atoms with Gasteiger partial charge >= 0.3 is 0 Å². The van der Waals surface area contributed by atoms with Crippen LogP contribution in [-0.4, -0.2) is 5.71 Å². The van der Waals surface area contributed by atoms with E-state index in [1.807, 2.05) is 30.3 Å². The van der Waals surface area contributed by atoms with E-state index in [-0.39, 0.29) is 0 Å². The number of hydrogen-bond donors (Lipinski definition) is 0. The molecule has 90 valence electrons. The molecule has 2 heteroatoms. The summed E-state index contributed by atoms with van der Waals surface area (Å²) in [5.74, 6) is 0. The Labute approximate surface area is 107 Å². The molecule has 0 aromatic heterocycles. The Hall–Kier alpha value is -2.09. The van der Waals surface area contributed by atoms with Crippen LogP contribution < -0.4 is 0 Å². The van der Waals surface area contributed by atoms with Gasteiger partial charge in [-0.3, -0.25) is 0 Å². The maximum Gasteiger partial charge on any atom is 0.142 e. The third-order valence-corrected chi connectivity index (χ3v) is 3.21. The molecule has 0 radical (unpaired) electrons. The fraction of sp³-hybridized carbons (Fsp3) is 0.188. The highest BCUT2D eigenvalue weighted by Gasteiger charge is 2.17. The van der Waals surface area contributed by atoms with Crippen LogP contribution in [0.1, 0.15) is 23.1 Å². The van der Waals surface area contributed by atoms with Crippen molar-refractivity contribution in [2.75, 3.05) is 0 Å². The van der Waals surface area contributed by atoms with Gasteiger partial charge in [-0.1, -0.05) is 59.8 Å². The van der Waals surface area contributed by atoms with Gasteiger partial charge < -0.3 is 4.84 Å². The average Bonchev–Trinajstić information content (AvgIpc) is 2.84. The van der Waals surface area contributed by atoms with Crippen molar-refractivity contribution in [2.24, 2.45) is 5.16 Å². The smallest absolute Gasteiger partial charge is 0.142 e. The van der Waals surface area contributed by atoms with Gasteiger partial charge in [-0.25, -0.2) is 0 Å². The molecule has 0 spiro atoms. The number of oxime groups is 1. The molecule has 0 unspecified atom stereocenters. The molecule has 0 N–H and O–H groups in total. The molecule has 0 saturated carbocycles. The minimum Gasteiger partial charge on any atom is -0.391 e. The molecule has 0 aliphatic heterocycles. The molecule has 0 fully saturated rings. The SMILES string of the molecule is c1ccc(CO/N=C2/CCc3ccccc32)cc1. The number of aryl methyl sites for hydroxylation is 1. The van der Waals surface area contributed by atoms with Crippen LogP contribution in [-0.2, 0) is 17.9 Å². The van der Waals surface area contributed by atoms with E-state index in [1.54, 1.807) is 0 Å². The molecule has 0 saturated heterocycles. The topological polar surface area (TPSA) is 21.6 Å². The zero-order valence-electron chi connectivity index (χ0n) is 10.2. The lowest BCUT2D eigenvalue weighted by atomic mass is 10.1. The largest absolute Gasteiger partial charge is 0.391 e. The van der Waals surface area contributed by atoms with Gasteiger partial charge in [0, 0.05) is 5.56 Å². The van der Waals surface area contributed by atoms with Crippen molar-refractivity contribution in [3.8, 4) is 0 Å². The lowest BCUT2D eigenvalue weighted by Gasteiger charge is -2.02. The molecular formula is C16H15NO. The Kier molecular flexibility index (Phi) is 3.09. The highest BCUT2D eigenvalue weighted by Crippen LogP contribution is 2.22. The standard InChI is InChI=1S/C16H15NO/c1-2-6-13(7-3-1)12-18-17-16-11-10-14-8-4-5-9-15(14)16/h1-9H,10-12H2/b17-16-. The molecule has 1 aliphatic rings. The molecule has 0 bridgehead atoms. The van der Waals surface area contributed by atoms with Gasteiger partial charge in [0.05, 0.1) is 5.71 Å². The summed E-state index contributed by atoms with van der Waals surface area (Å²) in [7, 11) is 0.